The van der Waals surface area contributed by atoms with E-state index in [1.165, 1.54) is 12.1 Å². The Morgan fingerprint density at radius 3 is 3.00 bits per heavy atom. The Morgan fingerprint density at radius 1 is 1.54 bits per heavy atom. The molecule has 0 aliphatic rings. The van der Waals surface area contributed by atoms with Crippen LogP contribution in [0.15, 0.2) is 18.2 Å². The van der Waals surface area contributed by atoms with Crippen molar-refractivity contribution >= 4 is 0 Å². The Hall–Kier alpha value is -1.13. The van der Waals surface area contributed by atoms with E-state index in [1.807, 2.05) is 6.92 Å². The average Bonchev–Trinajstić information content (AvgIpc) is 2.13. The predicted molar refractivity (Wildman–Crippen MR) is 46.5 cm³/mol. The van der Waals surface area contributed by atoms with Crippen molar-refractivity contribution in [3.63, 3.8) is 0 Å². The van der Waals surface area contributed by atoms with Gasteiger partial charge >= 0.3 is 0 Å². The van der Waals surface area contributed by atoms with Gasteiger partial charge in [-0.05, 0) is 13.0 Å². The van der Waals surface area contributed by atoms with Crippen molar-refractivity contribution in [1.82, 2.24) is 5.48 Å². The quantitative estimate of drug-likeness (QED) is 0.552. The van der Waals surface area contributed by atoms with E-state index in [1.54, 1.807) is 6.07 Å². The molecule has 0 atom stereocenters. The topological polar surface area (TPSA) is 41.5 Å². The lowest BCUT2D eigenvalue weighted by Gasteiger charge is -2.05. The molecule has 0 radical (unpaired) electrons. The van der Waals surface area contributed by atoms with E-state index in [-0.39, 0.29) is 12.3 Å². The molecule has 0 aliphatic carbocycles. The Kier molecular flexibility index (Phi) is 3.67. The van der Waals surface area contributed by atoms with Gasteiger partial charge in [-0.3, -0.25) is 0 Å². The molecule has 0 saturated carbocycles. The molecule has 1 aromatic rings. The van der Waals surface area contributed by atoms with E-state index < -0.39 is 5.82 Å². The third kappa shape index (κ3) is 2.68. The van der Waals surface area contributed by atoms with Crippen LogP contribution in [0.1, 0.15) is 12.5 Å². The standard InChI is InChI=1S/C9H12FNO2/c1-2-13-11-6-7-4-3-5-8(10)9(7)12/h3-5,11-12H,2,6H2,1H3. The first kappa shape index (κ1) is 9.95. The summed E-state index contributed by atoms with van der Waals surface area (Å²) in [6, 6.07) is 4.38. The molecule has 0 heterocycles. The number of para-hydroxylation sites is 1. The fourth-order valence-corrected chi connectivity index (χ4v) is 0.933. The van der Waals surface area contributed by atoms with Gasteiger partial charge in [0.2, 0.25) is 0 Å². The zero-order valence-corrected chi connectivity index (χ0v) is 7.38. The van der Waals surface area contributed by atoms with Crippen molar-refractivity contribution in [1.29, 1.82) is 0 Å². The van der Waals surface area contributed by atoms with Gasteiger partial charge in [0.15, 0.2) is 11.6 Å². The first-order valence-electron chi connectivity index (χ1n) is 4.06. The summed E-state index contributed by atoms with van der Waals surface area (Å²) in [5.41, 5.74) is 3.07. The van der Waals surface area contributed by atoms with Crippen LogP contribution in [-0.4, -0.2) is 11.7 Å². The predicted octanol–water partition coefficient (Wildman–Crippen LogP) is 1.57. The molecule has 4 heteroatoms. The summed E-state index contributed by atoms with van der Waals surface area (Å²) in [7, 11) is 0. The van der Waals surface area contributed by atoms with Gasteiger partial charge in [-0.25, -0.2) is 4.39 Å². The van der Waals surface area contributed by atoms with Crippen molar-refractivity contribution in [2.45, 2.75) is 13.5 Å². The number of nitrogens with one attached hydrogen (secondary N) is 1. The van der Waals surface area contributed by atoms with E-state index in [0.717, 1.165) is 0 Å². The summed E-state index contributed by atoms with van der Waals surface area (Å²) in [5, 5.41) is 9.23. The third-order valence-corrected chi connectivity index (χ3v) is 1.58. The molecule has 0 aliphatic heterocycles. The molecule has 13 heavy (non-hydrogen) atoms. The van der Waals surface area contributed by atoms with Crippen LogP contribution in [0.4, 0.5) is 4.39 Å². The summed E-state index contributed by atoms with van der Waals surface area (Å²) in [6.45, 7) is 2.64. The highest BCUT2D eigenvalue weighted by Gasteiger charge is 2.04. The lowest BCUT2D eigenvalue weighted by atomic mass is 10.2. The SMILES string of the molecule is CCONCc1cccc(F)c1O. The maximum Gasteiger partial charge on any atom is 0.165 e. The molecule has 0 saturated heterocycles. The molecule has 0 aromatic heterocycles. The number of phenols is 1. The second-order valence-electron chi connectivity index (χ2n) is 2.50. The van der Waals surface area contributed by atoms with Crippen LogP contribution in [0, 0.1) is 5.82 Å². The highest BCUT2D eigenvalue weighted by atomic mass is 19.1. The highest BCUT2D eigenvalue weighted by Crippen LogP contribution is 2.19. The third-order valence-electron chi connectivity index (χ3n) is 1.58. The number of rotatable bonds is 4. The Labute approximate surface area is 76.1 Å². The van der Waals surface area contributed by atoms with Crippen LogP contribution in [0.3, 0.4) is 0 Å². The van der Waals surface area contributed by atoms with Gasteiger partial charge in [0, 0.05) is 12.1 Å². The normalized spacial score (nSPS) is 10.3. The molecule has 3 nitrogen and oxygen atoms in total. The van der Waals surface area contributed by atoms with Gasteiger partial charge < -0.3 is 9.94 Å². The molecular formula is C9H12FNO2. The van der Waals surface area contributed by atoms with Crippen molar-refractivity contribution in [3.8, 4) is 5.75 Å². The van der Waals surface area contributed by atoms with Gasteiger partial charge in [0.05, 0.1) is 6.61 Å². The summed E-state index contributed by atoms with van der Waals surface area (Å²) < 4.78 is 12.8. The fraction of sp³-hybridized carbons (Fsp3) is 0.333. The van der Waals surface area contributed by atoms with E-state index in [9.17, 15) is 9.50 Å². The van der Waals surface area contributed by atoms with Crippen molar-refractivity contribution < 1.29 is 14.3 Å². The second kappa shape index (κ2) is 4.79. The maximum absolute atomic E-state index is 12.8. The van der Waals surface area contributed by atoms with Crippen LogP contribution in [-0.2, 0) is 11.4 Å². The summed E-state index contributed by atoms with van der Waals surface area (Å²) in [5.74, 6) is -0.939. The van der Waals surface area contributed by atoms with Crippen molar-refractivity contribution in [2.24, 2.45) is 0 Å². The smallest absolute Gasteiger partial charge is 0.165 e. The highest BCUT2D eigenvalue weighted by molar-refractivity contribution is 5.33. The van der Waals surface area contributed by atoms with Gasteiger partial charge in [-0.15, -0.1) is 0 Å². The maximum atomic E-state index is 12.8. The van der Waals surface area contributed by atoms with Gasteiger partial charge in [0.1, 0.15) is 0 Å². The number of phenolic OH excluding ortho intramolecular Hbond substituents is 1. The Morgan fingerprint density at radius 2 is 2.31 bits per heavy atom. The average molecular weight is 185 g/mol. The second-order valence-corrected chi connectivity index (χ2v) is 2.50. The van der Waals surface area contributed by atoms with Gasteiger partial charge in [0.25, 0.3) is 0 Å². The van der Waals surface area contributed by atoms with Crippen LogP contribution in [0.5, 0.6) is 5.75 Å². The minimum atomic E-state index is -0.615. The zero-order chi connectivity index (χ0) is 9.68. The number of hydrogen-bond donors (Lipinski definition) is 2. The summed E-state index contributed by atoms with van der Waals surface area (Å²) >= 11 is 0. The van der Waals surface area contributed by atoms with Gasteiger partial charge in [-0.2, -0.15) is 5.48 Å². The molecule has 0 amide bonds. The minimum Gasteiger partial charge on any atom is -0.505 e. The number of benzene rings is 1. The van der Waals surface area contributed by atoms with Crippen molar-refractivity contribution in [2.75, 3.05) is 6.61 Å². The lowest BCUT2D eigenvalue weighted by Crippen LogP contribution is -2.13. The molecule has 0 unspecified atom stereocenters. The number of hydrogen-bond acceptors (Lipinski definition) is 3. The summed E-state index contributed by atoms with van der Waals surface area (Å²) in [4.78, 5) is 4.85. The molecule has 1 aromatic carbocycles. The van der Waals surface area contributed by atoms with E-state index in [0.29, 0.717) is 12.2 Å². The molecule has 72 valence electrons. The number of hydroxylamine groups is 1. The fourth-order valence-electron chi connectivity index (χ4n) is 0.933. The molecule has 0 spiro atoms. The lowest BCUT2D eigenvalue weighted by molar-refractivity contribution is 0.0458. The Balaban J connectivity index is 2.61. The molecule has 1 rings (SSSR count). The molecule has 2 N–H and O–H groups in total. The molecule has 0 fully saturated rings. The number of aromatic hydroxyl groups is 1. The monoisotopic (exact) mass is 185 g/mol. The van der Waals surface area contributed by atoms with E-state index in [4.69, 9.17) is 4.84 Å². The van der Waals surface area contributed by atoms with E-state index >= 15 is 0 Å². The van der Waals surface area contributed by atoms with Crippen LogP contribution < -0.4 is 5.48 Å². The minimum absolute atomic E-state index is 0.289. The largest absolute Gasteiger partial charge is 0.505 e. The zero-order valence-electron chi connectivity index (χ0n) is 7.38. The van der Waals surface area contributed by atoms with Crippen LogP contribution in [0.25, 0.3) is 0 Å². The van der Waals surface area contributed by atoms with Crippen LogP contribution >= 0.6 is 0 Å². The first-order chi connectivity index (χ1) is 6.25. The molecular weight excluding hydrogens is 173 g/mol. The first-order valence-corrected chi connectivity index (χ1v) is 4.06. The summed E-state index contributed by atoms with van der Waals surface area (Å²) in [6.07, 6.45) is 0. The van der Waals surface area contributed by atoms with Crippen LogP contribution in [0.2, 0.25) is 0 Å². The van der Waals surface area contributed by atoms with Gasteiger partial charge in [-0.1, -0.05) is 12.1 Å². The van der Waals surface area contributed by atoms with Crippen molar-refractivity contribution in [3.05, 3.63) is 29.6 Å². The molecule has 0 bridgehead atoms. The Bertz CT molecular complexity index is 278. The van der Waals surface area contributed by atoms with E-state index in [2.05, 4.69) is 5.48 Å². The number of halogens is 1.